The largest absolute Gasteiger partial charge is 0.458 e. The van der Waals surface area contributed by atoms with Gasteiger partial charge >= 0.3 is 5.97 Å². The molecule has 1 heterocycles. The summed E-state index contributed by atoms with van der Waals surface area (Å²) in [5.74, 6) is -0.816. The molecule has 4 aliphatic carbocycles. The molecule has 0 N–H and O–H groups in total. The second-order valence-electron chi connectivity index (χ2n) is 12.8. The van der Waals surface area contributed by atoms with Crippen LogP contribution in [0.4, 0.5) is 5.69 Å². The van der Waals surface area contributed by atoms with E-state index in [4.69, 9.17) is 4.74 Å². The molecule has 3 aromatic rings. The zero-order valence-electron chi connectivity index (χ0n) is 23.8. The number of carbonyl (C=O) groups is 3. The van der Waals surface area contributed by atoms with Crippen LogP contribution >= 0.6 is 31.9 Å². The number of rotatable bonds is 4. The van der Waals surface area contributed by atoms with E-state index in [9.17, 15) is 14.4 Å². The van der Waals surface area contributed by atoms with Gasteiger partial charge in [-0.3, -0.25) is 9.59 Å². The Balaban J connectivity index is 1.21. The molecule has 1 saturated carbocycles. The minimum Gasteiger partial charge on any atom is -0.458 e. The molecule has 0 unspecified atom stereocenters. The van der Waals surface area contributed by atoms with Crippen LogP contribution in [0.25, 0.3) is 0 Å². The smallest absolute Gasteiger partial charge is 0.338 e. The summed E-state index contributed by atoms with van der Waals surface area (Å²) in [5, 5.41) is 0. The van der Waals surface area contributed by atoms with Gasteiger partial charge in [-0.25, -0.2) is 9.69 Å². The lowest BCUT2D eigenvalue weighted by Gasteiger charge is -2.55. The number of halogens is 2. The summed E-state index contributed by atoms with van der Waals surface area (Å²) in [6.45, 7) is 6.59. The van der Waals surface area contributed by atoms with Crippen LogP contribution in [0, 0.1) is 29.6 Å². The third-order valence-corrected chi connectivity index (χ3v) is 12.9. The Bertz CT molecular complexity index is 1490. The first-order valence-electron chi connectivity index (χ1n) is 14.8. The average Bonchev–Trinajstić information content (AvgIpc) is 3.26. The fraction of sp³-hybridized carbons (Fsp3) is 0.400. The molecular formula is C35H33Br2NO4. The van der Waals surface area contributed by atoms with Gasteiger partial charge in [-0.1, -0.05) is 108 Å². The van der Waals surface area contributed by atoms with Crippen molar-refractivity contribution in [2.75, 3.05) is 4.90 Å². The fourth-order valence-electron chi connectivity index (χ4n) is 8.12. The number of carbonyl (C=O) groups excluding carboxylic acids is 3. The summed E-state index contributed by atoms with van der Waals surface area (Å²) >= 11 is 8.09. The van der Waals surface area contributed by atoms with Crippen LogP contribution in [-0.2, 0) is 23.0 Å². The van der Waals surface area contributed by atoms with E-state index < -0.39 is 20.5 Å². The van der Waals surface area contributed by atoms with E-state index in [-0.39, 0.29) is 23.9 Å². The van der Waals surface area contributed by atoms with Crippen LogP contribution in [-0.4, -0.2) is 23.9 Å². The molecule has 2 amide bonds. The highest BCUT2D eigenvalue weighted by Crippen LogP contribution is 2.70. The van der Waals surface area contributed by atoms with Crippen LogP contribution in [0.2, 0.25) is 0 Å². The lowest BCUT2D eigenvalue weighted by molar-refractivity contribution is -0.122. The summed E-state index contributed by atoms with van der Waals surface area (Å²) in [7, 11) is 0. The third kappa shape index (κ3) is 3.75. The molecule has 5 nitrogen and oxygen atoms in total. The van der Waals surface area contributed by atoms with E-state index >= 15 is 0 Å². The highest BCUT2D eigenvalue weighted by molar-refractivity contribution is 9.10. The SMILES string of the molecule is CC(C)[C@H]1CC[C@@H](C)C[C@H]1OC(=O)c1ccc(N2C(=O)[C@@H]3[C@H](C2=O)C2(Br)c4ccccc4C3(Br)c3ccccc32)cc1. The quantitative estimate of drug-likeness (QED) is 0.160. The van der Waals surface area contributed by atoms with E-state index in [2.05, 4.69) is 52.6 Å². The number of esters is 1. The molecule has 2 bridgehead atoms. The van der Waals surface area contributed by atoms with Gasteiger partial charge in [0, 0.05) is 0 Å². The molecule has 8 rings (SSSR count). The summed E-state index contributed by atoms with van der Waals surface area (Å²) in [6.07, 6.45) is 3.00. The predicted octanol–water partition coefficient (Wildman–Crippen LogP) is 7.71. The second-order valence-corrected chi connectivity index (χ2v) is 15.3. The maximum atomic E-state index is 14.3. The highest BCUT2D eigenvalue weighted by atomic mass is 79.9. The molecule has 216 valence electrons. The molecule has 3 aromatic carbocycles. The number of benzene rings is 3. The average molecular weight is 691 g/mol. The number of nitrogens with zero attached hydrogens (tertiary/aromatic N) is 1. The summed E-state index contributed by atoms with van der Waals surface area (Å²) in [6, 6.07) is 22.8. The van der Waals surface area contributed by atoms with Gasteiger partial charge in [0.1, 0.15) is 6.10 Å². The second kappa shape index (κ2) is 9.88. The van der Waals surface area contributed by atoms with Crippen molar-refractivity contribution < 1.29 is 19.1 Å². The lowest BCUT2D eigenvalue weighted by Crippen LogP contribution is -2.56. The van der Waals surface area contributed by atoms with Crippen molar-refractivity contribution >= 4 is 55.3 Å². The predicted molar refractivity (Wildman–Crippen MR) is 169 cm³/mol. The third-order valence-electron chi connectivity index (χ3n) is 10.2. The Morgan fingerprint density at radius 2 is 1.29 bits per heavy atom. The van der Waals surface area contributed by atoms with Crippen molar-refractivity contribution in [2.24, 2.45) is 29.6 Å². The molecule has 0 spiro atoms. The van der Waals surface area contributed by atoms with E-state index in [1.54, 1.807) is 24.3 Å². The van der Waals surface area contributed by atoms with Gasteiger partial charge in [-0.05, 0) is 77.1 Å². The van der Waals surface area contributed by atoms with Crippen molar-refractivity contribution in [3.63, 3.8) is 0 Å². The first-order chi connectivity index (χ1) is 20.1. The number of ether oxygens (including phenoxy) is 1. The van der Waals surface area contributed by atoms with E-state index in [0.717, 1.165) is 41.5 Å². The Labute approximate surface area is 263 Å². The van der Waals surface area contributed by atoms with Crippen molar-refractivity contribution in [1.29, 1.82) is 0 Å². The number of hydrogen-bond acceptors (Lipinski definition) is 4. The van der Waals surface area contributed by atoms with Crippen LogP contribution in [0.3, 0.4) is 0 Å². The Kier molecular flexibility index (Phi) is 6.59. The number of hydrogen-bond donors (Lipinski definition) is 0. The van der Waals surface area contributed by atoms with Gasteiger partial charge in [0.2, 0.25) is 11.8 Å². The molecule has 5 aliphatic rings. The molecule has 42 heavy (non-hydrogen) atoms. The molecule has 7 heteroatoms. The van der Waals surface area contributed by atoms with E-state index in [0.29, 0.717) is 29.0 Å². The van der Waals surface area contributed by atoms with Gasteiger partial charge in [0.15, 0.2) is 0 Å². The molecule has 1 aliphatic heterocycles. The standard InChI is InChI=1S/C35H33Br2NO4/c1-19(2)23-17-12-20(3)18-28(23)42-33(41)21-13-15-22(16-14-21)38-31(39)29-30(32(38)40)35(37)25-9-5-4-8-24(25)34(29,36)26-10-6-7-11-27(26)35/h4-11,13-16,19-20,23,28-30H,12,17-18H2,1-3H3/t20-,23-,28-,29-,30+,34?,35?/m1/s1. The van der Waals surface area contributed by atoms with Gasteiger partial charge in [0.05, 0.1) is 31.7 Å². The summed E-state index contributed by atoms with van der Waals surface area (Å²) in [4.78, 5) is 43.1. The van der Waals surface area contributed by atoms with Gasteiger partial charge in [-0.15, -0.1) is 0 Å². The van der Waals surface area contributed by atoms with Gasteiger partial charge < -0.3 is 4.74 Å². The molecule has 5 atom stereocenters. The maximum Gasteiger partial charge on any atom is 0.338 e. The number of amides is 2. The summed E-state index contributed by atoms with van der Waals surface area (Å²) in [5.41, 5.74) is 4.88. The van der Waals surface area contributed by atoms with Gasteiger partial charge in [-0.2, -0.15) is 0 Å². The Morgan fingerprint density at radius 1 is 0.810 bits per heavy atom. The zero-order valence-corrected chi connectivity index (χ0v) is 27.0. The zero-order chi connectivity index (χ0) is 29.6. The number of alkyl halides is 2. The molecular weight excluding hydrogens is 658 g/mol. The Morgan fingerprint density at radius 3 is 1.74 bits per heavy atom. The van der Waals surface area contributed by atoms with Crippen molar-refractivity contribution in [2.45, 2.75) is 54.8 Å². The van der Waals surface area contributed by atoms with Crippen molar-refractivity contribution in [3.05, 3.63) is 101 Å². The lowest BCUT2D eigenvalue weighted by atomic mass is 9.54. The number of imide groups is 1. The first kappa shape index (κ1) is 28.0. The Hall–Kier alpha value is -2.77. The highest BCUT2D eigenvalue weighted by Gasteiger charge is 2.72. The van der Waals surface area contributed by atoms with Crippen LogP contribution in [0.15, 0.2) is 72.8 Å². The van der Waals surface area contributed by atoms with Crippen LogP contribution in [0.5, 0.6) is 0 Å². The normalized spacial score (nSPS) is 32.9. The number of anilines is 1. The van der Waals surface area contributed by atoms with Crippen molar-refractivity contribution in [3.8, 4) is 0 Å². The van der Waals surface area contributed by atoms with Crippen molar-refractivity contribution in [1.82, 2.24) is 0 Å². The first-order valence-corrected chi connectivity index (χ1v) is 16.4. The monoisotopic (exact) mass is 689 g/mol. The van der Waals surface area contributed by atoms with Crippen LogP contribution < -0.4 is 4.90 Å². The maximum absolute atomic E-state index is 14.3. The van der Waals surface area contributed by atoms with Gasteiger partial charge in [0.25, 0.3) is 0 Å². The fourth-order valence-corrected chi connectivity index (χ4v) is 10.4. The molecule has 1 saturated heterocycles. The molecule has 0 radical (unpaired) electrons. The molecule has 2 fully saturated rings. The minimum atomic E-state index is -0.838. The summed E-state index contributed by atoms with van der Waals surface area (Å²) < 4.78 is 4.37. The van der Waals surface area contributed by atoms with E-state index in [1.165, 1.54) is 4.90 Å². The van der Waals surface area contributed by atoms with Crippen LogP contribution in [0.1, 0.15) is 72.6 Å². The van der Waals surface area contributed by atoms with E-state index in [1.807, 2.05) is 48.5 Å². The topological polar surface area (TPSA) is 63.7 Å². The minimum absolute atomic E-state index is 0.102. The molecule has 0 aromatic heterocycles.